The molecule has 1 aromatic heterocycles. The van der Waals surface area contributed by atoms with Gasteiger partial charge in [-0.1, -0.05) is 0 Å². The lowest BCUT2D eigenvalue weighted by atomic mass is 10.2. The van der Waals surface area contributed by atoms with Crippen LogP contribution in [0.5, 0.6) is 0 Å². The zero-order valence-corrected chi connectivity index (χ0v) is 10.6. The Morgan fingerprint density at radius 3 is 2.50 bits per heavy atom. The summed E-state index contributed by atoms with van der Waals surface area (Å²) in [6.45, 7) is 0. The Balaban J connectivity index is 2.05. The monoisotopic (exact) mass is 266 g/mol. The fraction of sp³-hybridized carbons (Fsp3) is 0.0769. The van der Waals surface area contributed by atoms with Crippen LogP contribution in [0.1, 0.15) is 11.1 Å². The van der Waals surface area contributed by atoms with Gasteiger partial charge in [-0.15, -0.1) is 0 Å². The van der Waals surface area contributed by atoms with Crippen molar-refractivity contribution in [2.24, 2.45) is 7.05 Å². The number of nitrogens with one attached hydrogen (secondary N) is 2. The van der Waals surface area contributed by atoms with Crippen LogP contribution in [0, 0.1) is 22.7 Å². The number of carbonyl (C=O) groups is 1. The first-order valence-electron chi connectivity index (χ1n) is 5.64. The van der Waals surface area contributed by atoms with Crippen molar-refractivity contribution in [1.29, 1.82) is 10.5 Å². The molecule has 0 aliphatic rings. The van der Waals surface area contributed by atoms with Gasteiger partial charge in [0.15, 0.2) is 5.82 Å². The SMILES string of the molecule is Cn1cc(C#N)c(NC(=O)Nc2ccc(C#N)cc2)n1. The van der Waals surface area contributed by atoms with Gasteiger partial charge in [-0.05, 0) is 24.3 Å². The molecule has 2 amide bonds. The maximum atomic E-state index is 11.8. The van der Waals surface area contributed by atoms with Crippen LogP contribution in [0.3, 0.4) is 0 Å². The lowest BCUT2D eigenvalue weighted by Crippen LogP contribution is -2.20. The molecule has 7 heteroatoms. The van der Waals surface area contributed by atoms with Crippen molar-refractivity contribution in [3.8, 4) is 12.1 Å². The van der Waals surface area contributed by atoms with E-state index in [9.17, 15) is 4.79 Å². The number of rotatable bonds is 2. The van der Waals surface area contributed by atoms with Gasteiger partial charge in [0.25, 0.3) is 0 Å². The van der Waals surface area contributed by atoms with Gasteiger partial charge < -0.3 is 5.32 Å². The van der Waals surface area contributed by atoms with Crippen LogP contribution < -0.4 is 10.6 Å². The van der Waals surface area contributed by atoms with E-state index >= 15 is 0 Å². The summed E-state index contributed by atoms with van der Waals surface area (Å²) < 4.78 is 1.44. The van der Waals surface area contributed by atoms with Crippen molar-refractivity contribution in [1.82, 2.24) is 9.78 Å². The number of hydrogen-bond donors (Lipinski definition) is 2. The molecule has 0 spiro atoms. The number of hydrogen-bond acceptors (Lipinski definition) is 4. The van der Waals surface area contributed by atoms with Crippen LogP contribution >= 0.6 is 0 Å². The highest BCUT2D eigenvalue weighted by Gasteiger charge is 2.10. The third-order valence-corrected chi connectivity index (χ3v) is 2.45. The Kier molecular flexibility index (Phi) is 3.64. The highest BCUT2D eigenvalue weighted by Crippen LogP contribution is 2.13. The molecule has 0 saturated carbocycles. The Morgan fingerprint density at radius 2 is 1.90 bits per heavy atom. The fourth-order valence-electron chi connectivity index (χ4n) is 1.56. The van der Waals surface area contributed by atoms with Gasteiger partial charge in [0.05, 0.1) is 11.6 Å². The van der Waals surface area contributed by atoms with Crippen molar-refractivity contribution >= 4 is 17.5 Å². The number of nitriles is 2. The summed E-state index contributed by atoms with van der Waals surface area (Å²) in [5, 5.41) is 26.6. The van der Waals surface area contributed by atoms with Gasteiger partial charge in [0, 0.05) is 18.9 Å². The second-order valence-corrected chi connectivity index (χ2v) is 3.95. The molecule has 1 aromatic carbocycles. The summed E-state index contributed by atoms with van der Waals surface area (Å²) in [6.07, 6.45) is 1.51. The van der Waals surface area contributed by atoms with E-state index in [2.05, 4.69) is 15.7 Å². The third-order valence-electron chi connectivity index (χ3n) is 2.45. The molecule has 0 fully saturated rings. The van der Waals surface area contributed by atoms with Gasteiger partial charge in [-0.25, -0.2) is 4.79 Å². The zero-order chi connectivity index (χ0) is 14.5. The van der Waals surface area contributed by atoms with E-state index in [4.69, 9.17) is 10.5 Å². The Morgan fingerprint density at radius 1 is 1.20 bits per heavy atom. The quantitative estimate of drug-likeness (QED) is 0.864. The fourth-order valence-corrected chi connectivity index (χ4v) is 1.56. The molecule has 7 nitrogen and oxygen atoms in total. The second-order valence-electron chi connectivity index (χ2n) is 3.95. The van der Waals surface area contributed by atoms with Gasteiger partial charge in [-0.2, -0.15) is 15.6 Å². The molecule has 0 unspecified atom stereocenters. The first-order valence-corrected chi connectivity index (χ1v) is 5.64. The molecule has 0 bridgehead atoms. The number of nitrogens with zero attached hydrogens (tertiary/aromatic N) is 4. The molecule has 2 N–H and O–H groups in total. The summed E-state index contributed by atoms with van der Waals surface area (Å²) in [7, 11) is 1.66. The maximum Gasteiger partial charge on any atom is 0.324 e. The van der Waals surface area contributed by atoms with E-state index in [-0.39, 0.29) is 11.4 Å². The number of benzene rings is 1. The van der Waals surface area contributed by atoms with E-state index < -0.39 is 6.03 Å². The minimum absolute atomic E-state index is 0.196. The number of urea groups is 1. The summed E-state index contributed by atoms with van der Waals surface area (Å²) in [4.78, 5) is 11.8. The van der Waals surface area contributed by atoms with E-state index in [0.717, 1.165) is 0 Å². The lowest BCUT2D eigenvalue weighted by Gasteiger charge is -2.05. The molecule has 20 heavy (non-hydrogen) atoms. The van der Waals surface area contributed by atoms with E-state index in [1.165, 1.54) is 10.9 Å². The predicted molar refractivity (Wildman–Crippen MR) is 71.7 cm³/mol. The van der Waals surface area contributed by atoms with Crippen molar-refractivity contribution in [2.75, 3.05) is 10.6 Å². The normalized spacial score (nSPS) is 9.35. The molecule has 0 saturated heterocycles. The van der Waals surface area contributed by atoms with Gasteiger partial charge in [-0.3, -0.25) is 10.00 Å². The summed E-state index contributed by atoms with van der Waals surface area (Å²) in [5.74, 6) is 0.196. The van der Waals surface area contributed by atoms with Gasteiger partial charge in [0.2, 0.25) is 0 Å². The molecule has 0 aliphatic heterocycles. The molecule has 2 aromatic rings. The van der Waals surface area contributed by atoms with Crippen LogP contribution in [0.2, 0.25) is 0 Å². The van der Waals surface area contributed by atoms with Crippen LogP contribution in [0.25, 0.3) is 0 Å². The number of anilines is 2. The van der Waals surface area contributed by atoms with E-state index in [1.807, 2.05) is 12.1 Å². The van der Waals surface area contributed by atoms with Gasteiger partial charge in [0.1, 0.15) is 11.6 Å². The summed E-state index contributed by atoms with van der Waals surface area (Å²) >= 11 is 0. The first kappa shape index (κ1) is 13.1. The van der Waals surface area contributed by atoms with Crippen LogP contribution in [0.15, 0.2) is 30.5 Å². The predicted octanol–water partition coefficient (Wildman–Crippen LogP) is 1.81. The second kappa shape index (κ2) is 5.55. The van der Waals surface area contributed by atoms with Crippen molar-refractivity contribution in [2.45, 2.75) is 0 Å². The maximum absolute atomic E-state index is 11.8. The Labute approximate surface area is 115 Å². The highest BCUT2D eigenvalue weighted by molar-refractivity contribution is 5.99. The molecule has 98 valence electrons. The number of carbonyl (C=O) groups excluding carboxylic acids is 1. The lowest BCUT2D eigenvalue weighted by molar-refractivity contribution is 0.262. The topological polar surface area (TPSA) is 107 Å². The largest absolute Gasteiger partial charge is 0.324 e. The average molecular weight is 266 g/mol. The molecule has 0 atom stereocenters. The Bertz CT molecular complexity index is 717. The van der Waals surface area contributed by atoms with Crippen molar-refractivity contribution in [3.63, 3.8) is 0 Å². The Hall–Kier alpha value is -3.32. The molecular formula is C13H10N6O. The molecule has 0 radical (unpaired) electrons. The van der Waals surface area contributed by atoms with Crippen molar-refractivity contribution in [3.05, 3.63) is 41.6 Å². The van der Waals surface area contributed by atoms with E-state index in [0.29, 0.717) is 11.3 Å². The molecular weight excluding hydrogens is 256 g/mol. The minimum atomic E-state index is -0.509. The molecule has 0 aliphatic carbocycles. The first-order chi connectivity index (χ1) is 9.62. The van der Waals surface area contributed by atoms with Crippen LogP contribution in [0.4, 0.5) is 16.3 Å². The highest BCUT2D eigenvalue weighted by atomic mass is 16.2. The number of aromatic nitrogens is 2. The number of aryl methyl sites for hydroxylation is 1. The van der Waals surface area contributed by atoms with E-state index in [1.54, 1.807) is 31.3 Å². The average Bonchev–Trinajstić information content (AvgIpc) is 2.79. The van der Waals surface area contributed by atoms with Crippen LogP contribution in [-0.4, -0.2) is 15.8 Å². The van der Waals surface area contributed by atoms with Crippen molar-refractivity contribution < 1.29 is 4.79 Å². The van der Waals surface area contributed by atoms with Gasteiger partial charge >= 0.3 is 6.03 Å². The van der Waals surface area contributed by atoms with Crippen LogP contribution in [-0.2, 0) is 7.05 Å². The smallest absolute Gasteiger partial charge is 0.308 e. The third kappa shape index (κ3) is 2.92. The molecule has 1 heterocycles. The zero-order valence-electron chi connectivity index (χ0n) is 10.6. The molecule has 2 rings (SSSR count). The summed E-state index contributed by atoms with van der Waals surface area (Å²) in [6, 6.07) is 9.83. The number of amides is 2. The summed E-state index contributed by atoms with van der Waals surface area (Å²) in [5.41, 5.74) is 1.32. The standard InChI is InChI=1S/C13H10N6O/c1-19-8-10(7-15)12(18-19)17-13(20)16-11-4-2-9(6-14)3-5-11/h2-5,8H,1H3,(H2,16,17,18,20). The minimum Gasteiger partial charge on any atom is -0.308 e.